The Kier molecular flexibility index (Phi) is 6.20. The van der Waals surface area contributed by atoms with Crippen LogP contribution in [0.5, 0.6) is 0 Å². The molecule has 0 aliphatic heterocycles. The van der Waals surface area contributed by atoms with E-state index in [2.05, 4.69) is 4.74 Å². The molecule has 0 aromatic rings. The summed E-state index contributed by atoms with van der Waals surface area (Å²) < 4.78 is 39.6. The molecule has 0 aromatic carbocycles. The van der Waals surface area contributed by atoms with E-state index in [1.807, 2.05) is 13.8 Å². The van der Waals surface area contributed by atoms with Crippen molar-refractivity contribution in [3.05, 3.63) is 0 Å². The summed E-state index contributed by atoms with van der Waals surface area (Å²) in [5.41, 5.74) is 5.74. The lowest BCUT2D eigenvalue weighted by Gasteiger charge is -2.26. The molecule has 0 rings (SSSR count). The van der Waals surface area contributed by atoms with Gasteiger partial charge in [-0.15, -0.1) is 0 Å². The first-order chi connectivity index (χ1) is 6.83. The predicted octanol–water partition coefficient (Wildman–Crippen LogP) is 2.86. The summed E-state index contributed by atoms with van der Waals surface area (Å²) in [7, 11) is 0. The van der Waals surface area contributed by atoms with Crippen molar-refractivity contribution >= 4 is 0 Å². The van der Waals surface area contributed by atoms with Crippen molar-refractivity contribution in [2.75, 3.05) is 13.2 Å². The van der Waals surface area contributed by atoms with Gasteiger partial charge in [-0.25, -0.2) is 0 Å². The molecule has 0 saturated carbocycles. The fourth-order valence-corrected chi connectivity index (χ4v) is 1.32. The number of hydrogen-bond donors (Lipinski definition) is 1. The Balaban J connectivity index is 3.54. The van der Waals surface area contributed by atoms with E-state index in [1.54, 1.807) is 0 Å². The van der Waals surface area contributed by atoms with Gasteiger partial charge in [0.2, 0.25) is 0 Å². The van der Waals surface area contributed by atoms with Crippen molar-refractivity contribution < 1.29 is 17.9 Å². The van der Waals surface area contributed by atoms with Crippen molar-refractivity contribution in [1.29, 1.82) is 0 Å². The summed E-state index contributed by atoms with van der Waals surface area (Å²) in [6.45, 7) is 2.93. The fourth-order valence-electron chi connectivity index (χ4n) is 1.32. The van der Waals surface area contributed by atoms with Crippen LogP contribution in [0.25, 0.3) is 0 Å². The third-order valence-electron chi connectivity index (χ3n) is 2.64. The van der Waals surface area contributed by atoms with Crippen molar-refractivity contribution in [3.63, 3.8) is 0 Å². The molecule has 0 heterocycles. The molecule has 0 fully saturated rings. The van der Waals surface area contributed by atoms with E-state index in [9.17, 15) is 13.2 Å². The van der Waals surface area contributed by atoms with E-state index < -0.39 is 12.8 Å². The molecule has 0 radical (unpaired) electrons. The van der Waals surface area contributed by atoms with Gasteiger partial charge in [0.05, 0.1) is 0 Å². The lowest BCUT2D eigenvalue weighted by atomic mass is 9.89. The number of alkyl halides is 3. The SMILES string of the molecule is CCC(N)(CC)CCCOCC(F)(F)F. The Hall–Kier alpha value is -0.290. The van der Waals surface area contributed by atoms with E-state index >= 15 is 0 Å². The fraction of sp³-hybridized carbons (Fsp3) is 1.00. The van der Waals surface area contributed by atoms with Crippen LogP contribution in [-0.4, -0.2) is 24.9 Å². The van der Waals surface area contributed by atoms with Crippen molar-refractivity contribution in [2.24, 2.45) is 5.73 Å². The van der Waals surface area contributed by atoms with Crippen LogP contribution in [0.2, 0.25) is 0 Å². The lowest BCUT2D eigenvalue weighted by molar-refractivity contribution is -0.174. The Bertz CT molecular complexity index is 167. The third kappa shape index (κ3) is 7.62. The molecule has 0 saturated heterocycles. The second-order valence-electron chi connectivity index (χ2n) is 3.84. The summed E-state index contributed by atoms with van der Waals surface area (Å²) in [5, 5.41) is 0. The number of rotatable bonds is 7. The highest BCUT2D eigenvalue weighted by Crippen LogP contribution is 2.19. The average Bonchev–Trinajstić information content (AvgIpc) is 2.15. The van der Waals surface area contributed by atoms with E-state index in [0.29, 0.717) is 12.8 Å². The van der Waals surface area contributed by atoms with E-state index in [4.69, 9.17) is 5.73 Å². The van der Waals surface area contributed by atoms with Crippen LogP contribution < -0.4 is 5.73 Å². The van der Waals surface area contributed by atoms with Gasteiger partial charge in [0.25, 0.3) is 0 Å². The molecule has 0 atom stereocenters. The van der Waals surface area contributed by atoms with Gasteiger partial charge in [-0.3, -0.25) is 0 Å². The van der Waals surface area contributed by atoms with Crippen LogP contribution in [0.3, 0.4) is 0 Å². The largest absolute Gasteiger partial charge is 0.411 e. The summed E-state index contributed by atoms with van der Waals surface area (Å²) >= 11 is 0. The van der Waals surface area contributed by atoms with Gasteiger partial charge in [0.15, 0.2) is 0 Å². The van der Waals surface area contributed by atoms with E-state index in [-0.39, 0.29) is 12.1 Å². The number of ether oxygens (including phenoxy) is 1. The maximum Gasteiger partial charge on any atom is 0.411 e. The summed E-state index contributed by atoms with van der Waals surface area (Å²) in [5.74, 6) is 0. The Morgan fingerprint density at radius 3 is 2.07 bits per heavy atom. The minimum Gasteiger partial charge on any atom is -0.372 e. The quantitative estimate of drug-likeness (QED) is 0.679. The van der Waals surface area contributed by atoms with Gasteiger partial charge >= 0.3 is 6.18 Å². The summed E-state index contributed by atoms with van der Waals surface area (Å²) in [6, 6.07) is 0. The maximum absolute atomic E-state index is 11.7. The molecule has 2 nitrogen and oxygen atoms in total. The zero-order chi connectivity index (χ0) is 11.9. The molecule has 5 heteroatoms. The molecule has 92 valence electrons. The number of hydrogen-bond acceptors (Lipinski definition) is 2. The Morgan fingerprint density at radius 2 is 1.67 bits per heavy atom. The third-order valence-corrected chi connectivity index (χ3v) is 2.64. The van der Waals surface area contributed by atoms with Crippen molar-refractivity contribution in [2.45, 2.75) is 51.2 Å². The molecule has 0 amide bonds. The molecular weight excluding hydrogens is 207 g/mol. The monoisotopic (exact) mass is 227 g/mol. The second kappa shape index (κ2) is 6.33. The van der Waals surface area contributed by atoms with Crippen LogP contribution in [0, 0.1) is 0 Å². The molecule has 2 N–H and O–H groups in total. The molecule has 0 unspecified atom stereocenters. The normalized spacial score (nSPS) is 13.2. The minimum absolute atomic E-state index is 0.123. The highest BCUT2D eigenvalue weighted by molar-refractivity contribution is 4.80. The molecule has 15 heavy (non-hydrogen) atoms. The van der Waals surface area contributed by atoms with Crippen molar-refractivity contribution in [3.8, 4) is 0 Å². The zero-order valence-electron chi connectivity index (χ0n) is 9.36. The predicted molar refractivity (Wildman–Crippen MR) is 53.6 cm³/mol. The Labute approximate surface area is 89.0 Å². The average molecular weight is 227 g/mol. The first-order valence-corrected chi connectivity index (χ1v) is 5.26. The highest BCUT2D eigenvalue weighted by atomic mass is 19.4. The molecule has 0 aliphatic carbocycles. The number of nitrogens with two attached hydrogens (primary N) is 1. The zero-order valence-corrected chi connectivity index (χ0v) is 9.36. The van der Waals surface area contributed by atoms with E-state index in [1.165, 1.54) is 0 Å². The first-order valence-electron chi connectivity index (χ1n) is 5.26. The second-order valence-corrected chi connectivity index (χ2v) is 3.84. The number of halogens is 3. The smallest absolute Gasteiger partial charge is 0.372 e. The standard InChI is InChI=1S/C10H20F3NO/c1-3-9(14,4-2)6-5-7-15-8-10(11,12)13/h3-8,14H2,1-2H3. The van der Waals surface area contributed by atoms with Gasteiger partial charge in [-0.05, 0) is 25.7 Å². The maximum atomic E-state index is 11.7. The van der Waals surface area contributed by atoms with Gasteiger partial charge in [-0.2, -0.15) is 13.2 Å². The van der Waals surface area contributed by atoms with E-state index in [0.717, 1.165) is 12.8 Å². The van der Waals surface area contributed by atoms with Gasteiger partial charge in [0, 0.05) is 12.1 Å². The van der Waals surface area contributed by atoms with Crippen LogP contribution in [-0.2, 0) is 4.74 Å². The summed E-state index contributed by atoms with van der Waals surface area (Å²) in [6.07, 6.45) is -1.27. The topological polar surface area (TPSA) is 35.2 Å². The van der Waals surface area contributed by atoms with Crippen LogP contribution >= 0.6 is 0 Å². The van der Waals surface area contributed by atoms with Gasteiger partial charge < -0.3 is 10.5 Å². The lowest BCUT2D eigenvalue weighted by Crippen LogP contribution is -2.38. The molecule has 0 aromatic heterocycles. The van der Waals surface area contributed by atoms with Gasteiger partial charge in [0.1, 0.15) is 6.61 Å². The molecule has 0 bridgehead atoms. The van der Waals surface area contributed by atoms with Crippen LogP contribution in [0.15, 0.2) is 0 Å². The molecule has 0 aliphatic rings. The first kappa shape index (κ1) is 14.7. The van der Waals surface area contributed by atoms with Gasteiger partial charge in [-0.1, -0.05) is 13.8 Å². The molecule has 0 spiro atoms. The minimum atomic E-state index is -4.23. The van der Waals surface area contributed by atoms with Crippen molar-refractivity contribution in [1.82, 2.24) is 0 Å². The van der Waals surface area contributed by atoms with Crippen LogP contribution in [0.1, 0.15) is 39.5 Å². The van der Waals surface area contributed by atoms with Crippen LogP contribution in [0.4, 0.5) is 13.2 Å². The molecular formula is C10H20F3NO. The Morgan fingerprint density at radius 1 is 1.13 bits per heavy atom. The summed E-state index contributed by atoms with van der Waals surface area (Å²) in [4.78, 5) is 0. The highest BCUT2D eigenvalue weighted by Gasteiger charge is 2.27.